The maximum Gasteiger partial charge on any atom is 0.239 e. The van der Waals surface area contributed by atoms with E-state index in [2.05, 4.69) is 10.6 Å². The predicted molar refractivity (Wildman–Crippen MR) is 90.7 cm³/mol. The topological polar surface area (TPSA) is 68.8 Å². The summed E-state index contributed by atoms with van der Waals surface area (Å²) in [6, 6.07) is 5.49. The van der Waals surface area contributed by atoms with E-state index in [1.165, 1.54) is 0 Å². The zero-order valence-electron chi connectivity index (χ0n) is 13.8. The van der Waals surface area contributed by atoms with Crippen molar-refractivity contribution in [2.75, 3.05) is 33.9 Å². The summed E-state index contributed by atoms with van der Waals surface area (Å²) in [7, 11) is 3.22. The van der Waals surface area contributed by atoms with Crippen LogP contribution < -0.4 is 20.1 Å². The molecule has 23 heavy (non-hydrogen) atoms. The average Bonchev–Trinajstić information content (AvgIpc) is 2.55. The van der Waals surface area contributed by atoms with Gasteiger partial charge in [-0.1, -0.05) is 6.07 Å². The molecule has 1 amide bonds. The van der Waals surface area contributed by atoms with Crippen molar-refractivity contribution < 1.29 is 19.0 Å². The first-order chi connectivity index (χ1) is 10.7. The molecule has 130 valence electrons. The first kappa shape index (κ1) is 19.5. The van der Waals surface area contributed by atoms with Gasteiger partial charge in [0.2, 0.25) is 5.91 Å². The maximum absolute atomic E-state index is 12.1. The van der Waals surface area contributed by atoms with Crippen molar-refractivity contribution in [2.45, 2.75) is 25.5 Å². The third-order valence-electron chi connectivity index (χ3n) is 3.76. The third-order valence-corrected chi connectivity index (χ3v) is 3.76. The van der Waals surface area contributed by atoms with Gasteiger partial charge in [-0.3, -0.25) is 4.79 Å². The van der Waals surface area contributed by atoms with Crippen molar-refractivity contribution in [1.29, 1.82) is 0 Å². The number of rotatable bonds is 6. The highest BCUT2D eigenvalue weighted by Crippen LogP contribution is 2.27. The fraction of sp³-hybridized carbons (Fsp3) is 0.562. The van der Waals surface area contributed by atoms with Crippen molar-refractivity contribution in [3.05, 3.63) is 23.8 Å². The number of nitrogens with one attached hydrogen (secondary N) is 2. The van der Waals surface area contributed by atoms with Gasteiger partial charge in [0.05, 0.1) is 26.9 Å². The van der Waals surface area contributed by atoms with E-state index in [1.807, 2.05) is 25.1 Å². The average molecular weight is 345 g/mol. The van der Waals surface area contributed by atoms with Gasteiger partial charge in [-0.15, -0.1) is 12.4 Å². The second-order valence-corrected chi connectivity index (χ2v) is 5.24. The molecule has 1 aliphatic heterocycles. The van der Waals surface area contributed by atoms with E-state index in [9.17, 15) is 4.79 Å². The van der Waals surface area contributed by atoms with Crippen molar-refractivity contribution in [1.82, 2.24) is 10.6 Å². The lowest BCUT2D eigenvalue weighted by Gasteiger charge is -2.29. The van der Waals surface area contributed by atoms with Crippen LogP contribution >= 0.6 is 12.4 Å². The minimum atomic E-state index is -0.279. The van der Waals surface area contributed by atoms with Crippen LogP contribution in [0.5, 0.6) is 11.5 Å². The lowest BCUT2D eigenvalue weighted by atomic mass is 10.1. The fourth-order valence-corrected chi connectivity index (χ4v) is 2.50. The SMILES string of the molecule is COc1ccc(CCNC(=O)[C@H]2NCCO[C@@H]2C)cc1OC.Cl. The number of amides is 1. The summed E-state index contributed by atoms with van der Waals surface area (Å²) in [5.74, 6) is 1.38. The number of benzene rings is 1. The predicted octanol–water partition coefficient (Wildman–Crippen LogP) is 1.16. The van der Waals surface area contributed by atoms with Gasteiger partial charge in [0.15, 0.2) is 11.5 Å². The first-order valence-corrected chi connectivity index (χ1v) is 7.49. The summed E-state index contributed by atoms with van der Waals surface area (Å²) in [5.41, 5.74) is 1.08. The molecule has 1 fully saturated rings. The van der Waals surface area contributed by atoms with Crippen LogP contribution in [-0.4, -0.2) is 52.0 Å². The summed E-state index contributed by atoms with van der Waals surface area (Å²) in [6.45, 7) is 3.83. The summed E-state index contributed by atoms with van der Waals surface area (Å²) in [5, 5.41) is 6.12. The molecular weight excluding hydrogens is 320 g/mol. The van der Waals surface area contributed by atoms with Crippen molar-refractivity contribution in [3.8, 4) is 11.5 Å². The molecule has 1 aliphatic rings. The van der Waals surface area contributed by atoms with Crippen LogP contribution in [-0.2, 0) is 16.0 Å². The third kappa shape index (κ3) is 5.27. The lowest BCUT2D eigenvalue weighted by Crippen LogP contribution is -2.55. The van der Waals surface area contributed by atoms with Crippen LogP contribution in [0.15, 0.2) is 18.2 Å². The summed E-state index contributed by atoms with van der Waals surface area (Å²) < 4.78 is 16.0. The Morgan fingerprint density at radius 1 is 1.35 bits per heavy atom. The van der Waals surface area contributed by atoms with Crippen LogP contribution in [0.3, 0.4) is 0 Å². The normalized spacial score (nSPS) is 20.3. The number of morpholine rings is 1. The van der Waals surface area contributed by atoms with Gasteiger partial charge < -0.3 is 24.8 Å². The summed E-state index contributed by atoms with van der Waals surface area (Å²) >= 11 is 0. The molecule has 0 saturated carbocycles. The first-order valence-electron chi connectivity index (χ1n) is 7.49. The van der Waals surface area contributed by atoms with E-state index in [4.69, 9.17) is 14.2 Å². The Balaban J connectivity index is 0.00000264. The van der Waals surface area contributed by atoms with Crippen LogP contribution in [0.2, 0.25) is 0 Å². The molecule has 2 rings (SSSR count). The van der Waals surface area contributed by atoms with Crippen LogP contribution in [0.25, 0.3) is 0 Å². The quantitative estimate of drug-likeness (QED) is 0.810. The minimum absolute atomic E-state index is 0. The molecule has 1 aromatic carbocycles. The second-order valence-electron chi connectivity index (χ2n) is 5.24. The van der Waals surface area contributed by atoms with Crippen LogP contribution in [0.1, 0.15) is 12.5 Å². The number of halogens is 1. The number of hydrogen-bond donors (Lipinski definition) is 2. The number of ether oxygens (including phenoxy) is 3. The zero-order chi connectivity index (χ0) is 15.9. The van der Waals surface area contributed by atoms with Crippen LogP contribution in [0, 0.1) is 0 Å². The summed E-state index contributed by atoms with van der Waals surface area (Å²) in [4.78, 5) is 12.1. The highest BCUT2D eigenvalue weighted by Gasteiger charge is 2.27. The Hall–Kier alpha value is -1.50. The standard InChI is InChI=1S/C16H24N2O4.ClH/c1-11-15(17-8-9-22-11)16(19)18-7-6-12-4-5-13(20-2)14(10-12)21-3;/h4-5,10-11,15,17H,6-9H2,1-3H3,(H,18,19);1H/t11-,15+;/m1./s1. The Morgan fingerprint density at radius 2 is 2.09 bits per heavy atom. The van der Waals surface area contributed by atoms with Gasteiger partial charge in [0.1, 0.15) is 6.04 Å². The molecule has 6 nitrogen and oxygen atoms in total. The Labute approximate surface area is 143 Å². The number of carbonyl (C=O) groups is 1. The van der Waals surface area contributed by atoms with Gasteiger partial charge in [0, 0.05) is 13.1 Å². The minimum Gasteiger partial charge on any atom is -0.493 e. The van der Waals surface area contributed by atoms with Crippen LogP contribution in [0.4, 0.5) is 0 Å². The molecule has 0 aliphatic carbocycles. The molecule has 0 aromatic heterocycles. The molecule has 2 atom stereocenters. The zero-order valence-corrected chi connectivity index (χ0v) is 14.6. The van der Waals surface area contributed by atoms with E-state index in [0.717, 1.165) is 12.0 Å². The Morgan fingerprint density at radius 3 is 2.74 bits per heavy atom. The lowest BCUT2D eigenvalue weighted by molar-refractivity contribution is -0.128. The highest BCUT2D eigenvalue weighted by molar-refractivity contribution is 5.85. The van der Waals surface area contributed by atoms with Crippen molar-refractivity contribution in [2.24, 2.45) is 0 Å². The van der Waals surface area contributed by atoms with E-state index in [0.29, 0.717) is 31.2 Å². The second kappa shape index (κ2) is 9.60. The number of carbonyl (C=O) groups excluding carboxylic acids is 1. The van der Waals surface area contributed by atoms with E-state index >= 15 is 0 Å². The van der Waals surface area contributed by atoms with E-state index < -0.39 is 0 Å². The van der Waals surface area contributed by atoms with Gasteiger partial charge in [-0.05, 0) is 31.0 Å². The smallest absolute Gasteiger partial charge is 0.239 e. The number of methoxy groups -OCH3 is 2. The number of hydrogen-bond acceptors (Lipinski definition) is 5. The molecule has 1 heterocycles. The van der Waals surface area contributed by atoms with Gasteiger partial charge >= 0.3 is 0 Å². The Bertz CT molecular complexity index is 513. The monoisotopic (exact) mass is 344 g/mol. The molecular formula is C16H25ClN2O4. The Kier molecular flexibility index (Phi) is 8.16. The van der Waals surface area contributed by atoms with Gasteiger partial charge in [0.25, 0.3) is 0 Å². The molecule has 1 saturated heterocycles. The van der Waals surface area contributed by atoms with Gasteiger partial charge in [-0.25, -0.2) is 0 Å². The molecule has 0 radical (unpaired) electrons. The molecule has 1 aromatic rings. The van der Waals surface area contributed by atoms with Gasteiger partial charge in [-0.2, -0.15) is 0 Å². The largest absolute Gasteiger partial charge is 0.493 e. The maximum atomic E-state index is 12.1. The molecule has 0 spiro atoms. The summed E-state index contributed by atoms with van der Waals surface area (Å²) in [6.07, 6.45) is 0.628. The van der Waals surface area contributed by atoms with Crippen molar-refractivity contribution >= 4 is 18.3 Å². The van der Waals surface area contributed by atoms with E-state index in [-0.39, 0.29) is 30.5 Å². The molecule has 0 bridgehead atoms. The van der Waals surface area contributed by atoms with E-state index in [1.54, 1.807) is 14.2 Å². The molecule has 0 unspecified atom stereocenters. The molecule has 2 N–H and O–H groups in total. The fourth-order valence-electron chi connectivity index (χ4n) is 2.50. The van der Waals surface area contributed by atoms with Crippen molar-refractivity contribution in [3.63, 3.8) is 0 Å². The highest BCUT2D eigenvalue weighted by atomic mass is 35.5. The molecule has 7 heteroatoms.